The van der Waals surface area contributed by atoms with Crippen molar-refractivity contribution in [2.75, 3.05) is 0 Å². The summed E-state index contributed by atoms with van der Waals surface area (Å²) in [5.41, 5.74) is 5.37. The lowest BCUT2D eigenvalue weighted by Crippen LogP contribution is -2.62. The van der Waals surface area contributed by atoms with Crippen molar-refractivity contribution in [2.45, 2.75) is 38.1 Å². The second-order valence-electron chi connectivity index (χ2n) is 7.22. The minimum Gasteiger partial charge on any atom is -0.444 e. The van der Waals surface area contributed by atoms with E-state index in [2.05, 4.69) is 21.2 Å². The summed E-state index contributed by atoms with van der Waals surface area (Å²) < 4.78 is 5.88. The fourth-order valence-corrected chi connectivity index (χ4v) is 5.53. The molecule has 0 aliphatic heterocycles. The lowest BCUT2D eigenvalue weighted by atomic mass is 9.47. The van der Waals surface area contributed by atoms with E-state index in [-0.39, 0.29) is 23.3 Å². The maximum absolute atomic E-state index is 12.3. The van der Waals surface area contributed by atoms with E-state index in [1.807, 2.05) is 0 Å². The third kappa shape index (κ3) is 2.11. The van der Waals surface area contributed by atoms with Crippen LogP contribution in [0.5, 0.6) is 0 Å². The summed E-state index contributed by atoms with van der Waals surface area (Å²) in [6.07, 6.45) is 4.78. The molecule has 4 bridgehead atoms. The topological polar surface area (TPSA) is 85.3 Å². The highest BCUT2D eigenvalue weighted by Gasteiger charge is 2.58. The molecule has 2 atom stereocenters. The molecule has 3 N–H and O–H groups in total. The van der Waals surface area contributed by atoms with E-state index in [0.29, 0.717) is 28.2 Å². The number of hydrogen-bond donors (Lipinski definition) is 2. The van der Waals surface area contributed by atoms with Crippen molar-refractivity contribution in [3.8, 4) is 0 Å². The molecule has 0 spiro atoms. The summed E-state index contributed by atoms with van der Waals surface area (Å²) in [6, 6.07) is 3.52. The molecular weight excluding hydrogens is 348 g/mol. The van der Waals surface area contributed by atoms with E-state index in [9.17, 15) is 9.59 Å². The Hall–Kier alpha value is -1.30. The monoisotopic (exact) mass is 366 g/mol. The average Bonchev–Trinajstić information content (AvgIpc) is 2.88. The predicted molar refractivity (Wildman–Crippen MR) is 82.8 cm³/mol. The number of primary amides is 1. The van der Waals surface area contributed by atoms with Crippen LogP contribution in [0.1, 0.15) is 42.7 Å². The Kier molecular flexibility index (Phi) is 3.15. The lowest BCUT2D eigenvalue weighted by Gasteiger charge is -2.58. The molecule has 1 aromatic heterocycles. The number of furan rings is 1. The van der Waals surface area contributed by atoms with Crippen LogP contribution in [-0.2, 0) is 4.79 Å². The highest BCUT2D eigenvalue weighted by atomic mass is 79.9. The van der Waals surface area contributed by atoms with Gasteiger partial charge in [-0.05, 0) is 77.9 Å². The average molecular weight is 367 g/mol. The van der Waals surface area contributed by atoms with Crippen molar-refractivity contribution in [3.63, 3.8) is 0 Å². The minimum absolute atomic E-state index is 0.139. The number of carbonyl (C=O) groups excluding carboxylic acids is 2. The molecule has 118 valence electrons. The number of nitrogens with two attached hydrogens (primary N) is 1. The fourth-order valence-electron chi connectivity index (χ4n) is 5.22. The van der Waals surface area contributed by atoms with E-state index in [0.717, 1.165) is 32.1 Å². The molecule has 4 fully saturated rings. The van der Waals surface area contributed by atoms with Gasteiger partial charge in [0.25, 0.3) is 5.91 Å². The molecule has 4 aliphatic carbocycles. The van der Waals surface area contributed by atoms with Crippen molar-refractivity contribution >= 4 is 27.7 Å². The first-order valence-electron chi connectivity index (χ1n) is 7.83. The van der Waals surface area contributed by atoms with Crippen LogP contribution in [0.25, 0.3) is 0 Å². The lowest BCUT2D eigenvalue weighted by molar-refractivity contribution is -0.145. The van der Waals surface area contributed by atoms with E-state index < -0.39 is 0 Å². The van der Waals surface area contributed by atoms with Crippen LogP contribution in [0.4, 0.5) is 0 Å². The Morgan fingerprint density at radius 2 is 1.91 bits per heavy atom. The SMILES string of the molecule is NC(=O)C12CC3CC(C1)C(NC(=O)c1ccc(Br)o1)C(C3)C2. The second-order valence-corrected chi connectivity index (χ2v) is 8.00. The Morgan fingerprint density at radius 3 is 2.45 bits per heavy atom. The smallest absolute Gasteiger partial charge is 0.287 e. The van der Waals surface area contributed by atoms with Gasteiger partial charge in [-0.25, -0.2) is 0 Å². The van der Waals surface area contributed by atoms with Crippen molar-refractivity contribution in [1.82, 2.24) is 5.32 Å². The Bertz CT molecular complexity index is 625. The summed E-state index contributed by atoms with van der Waals surface area (Å²) in [5.74, 6) is 1.33. The summed E-state index contributed by atoms with van der Waals surface area (Å²) >= 11 is 3.21. The van der Waals surface area contributed by atoms with Gasteiger partial charge in [0.15, 0.2) is 10.4 Å². The van der Waals surface area contributed by atoms with Gasteiger partial charge >= 0.3 is 0 Å². The van der Waals surface area contributed by atoms with Crippen LogP contribution >= 0.6 is 15.9 Å². The highest BCUT2D eigenvalue weighted by Crippen LogP contribution is 2.59. The third-order valence-electron chi connectivity index (χ3n) is 5.89. The molecule has 2 amide bonds. The van der Waals surface area contributed by atoms with Crippen molar-refractivity contribution in [2.24, 2.45) is 28.9 Å². The zero-order valence-corrected chi connectivity index (χ0v) is 13.8. The van der Waals surface area contributed by atoms with Crippen LogP contribution in [0, 0.1) is 23.2 Å². The number of rotatable bonds is 3. The fraction of sp³-hybridized carbons (Fsp3) is 0.625. The molecule has 2 unspecified atom stereocenters. The normalized spacial score (nSPS) is 39.0. The van der Waals surface area contributed by atoms with Gasteiger partial charge in [0.2, 0.25) is 5.91 Å². The number of nitrogens with one attached hydrogen (secondary N) is 1. The molecule has 6 heteroatoms. The number of amides is 2. The Balaban J connectivity index is 1.53. The molecule has 0 aromatic carbocycles. The van der Waals surface area contributed by atoms with Gasteiger partial charge in [0, 0.05) is 11.5 Å². The molecular formula is C16H19BrN2O3. The van der Waals surface area contributed by atoms with Crippen LogP contribution < -0.4 is 11.1 Å². The van der Waals surface area contributed by atoms with E-state index in [1.165, 1.54) is 0 Å². The molecule has 5 rings (SSSR count). The van der Waals surface area contributed by atoms with Gasteiger partial charge in [-0.1, -0.05) is 0 Å². The van der Waals surface area contributed by atoms with Gasteiger partial charge in [0.1, 0.15) is 0 Å². The minimum atomic E-state index is -0.314. The molecule has 1 aromatic rings. The predicted octanol–water partition coefficient (Wildman–Crippen LogP) is 2.45. The number of hydrogen-bond acceptors (Lipinski definition) is 3. The second kappa shape index (κ2) is 4.85. The molecule has 0 radical (unpaired) electrons. The molecule has 0 saturated heterocycles. The quantitative estimate of drug-likeness (QED) is 0.861. The van der Waals surface area contributed by atoms with E-state index in [1.54, 1.807) is 12.1 Å². The number of carbonyl (C=O) groups is 2. The maximum Gasteiger partial charge on any atom is 0.287 e. The van der Waals surface area contributed by atoms with Crippen molar-refractivity contribution < 1.29 is 14.0 Å². The van der Waals surface area contributed by atoms with Crippen LogP contribution in [0.2, 0.25) is 0 Å². The molecule has 1 heterocycles. The summed E-state index contributed by atoms with van der Waals surface area (Å²) in [4.78, 5) is 24.3. The summed E-state index contributed by atoms with van der Waals surface area (Å²) in [6.45, 7) is 0. The maximum atomic E-state index is 12.3. The van der Waals surface area contributed by atoms with E-state index >= 15 is 0 Å². The van der Waals surface area contributed by atoms with Crippen LogP contribution in [-0.4, -0.2) is 17.9 Å². The molecule has 4 aliphatic rings. The number of halogens is 1. The summed E-state index contributed by atoms with van der Waals surface area (Å²) in [7, 11) is 0. The summed E-state index contributed by atoms with van der Waals surface area (Å²) in [5, 5.41) is 3.14. The van der Waals surface area contributed by atoms with Crippen LogP contribution in [0.15, 0.2) is 21.2 Å². The van der Waals surface area contributed by atoms with Gasteiger partial charge < -0.3 is 15.5 Å². The Labute approximate surface area is 137 Å². The van der Waals surface area contributed by atoms with Gasteiger partial charge in [-0.2, -0.15) is 0 Å². The zero-order chi connectivity index (χ0) is 15.5. The van der Waals surface area contributed by atoms with Gasteiger partial charge in [-0.3, -0.25) is 9.59 Å². The largest absolute Gasteiger partial charge is 0.444 e. The van der Waals surface area contributed by atoms with Crippen molar-refractivity contribution in [1.29, 1.82) is 0 Å². The van der Waals surface area contributed by atoms with Gasteiger partial charge in [-0.15, -0.1) is 0 Å². The highest BCUT2D eigenvalue weighted by molar-refractivity contribution is 9.10. The molecule has 22 heavy (non-hydrogen) atoms. The first-order valence-corrected chi connectivity index (χ1v) is 8.62. The van der Waals surface area contributed by atoms with E-state index in [4.69, 9.17) is 10.2 Å². The molecule has 5 nitrogen and oxygen atoms in total. The van der Waals surface area contributed by atoms with Crippen LogP contribution in [0.3, 0.4) is 0 Å². The first-order chi connectivity index (χ1) is 10.5. The van der Waals surface area contributed by atoms with Gasteiger partial charge in [0.05, 0.1) is 0 Å². The third-order valence-corrected chi connectivity index (χ3v) is 6.32. The standard InChI is InChI=1S/C16H19BrN2O3/c17-12-2-1-11(22-12)14(20)19-13-9-3-8-4-10(13)7-16(5-8,6-9)15(18)21/h1-2,8-10,13H,3-7H2,(H2,18,21)(H,19,20). The molecule has 4 saturated carbocycles. The first kappa shape index (κ1) is 14.3. The zero-order valence-electron chi connectivity index (χ0n) is 12.2. The van der Waals surface area contributed by atoms with Crippen molar-refractivity contribution in [3.05, 3.63) is 22.6 Å². The Morgan fingerprint density at radius 1 is 1.23 bits per heavy atom.